The van der Waals surface area contributed by atoms with Gasteiger partial charge in [-0.25, -0.2) is 9.36 Å². The van der Waals surface area contributed by atoms with Crippen LogP contribution in [0.5, 0.6) is 0 Å². The molecule has 1 atom stereocenters. The number of rotatable bonds is 6. The summed E-state index contributed by atoms with van der Waals surface area (Å²) in [5.41, 5.74) is 7.09. The van der Waals surface area contributed by atoms with Gasteiger partial charge in [0, 0.05) is 36.2 Å². The molecule has 0 aliphatic heterocycles. The predicted octanol–water partition coefficient (Wildman–Crippen LogP) is 4.53. The number of nitrogens with one attached hydrogen (secondary N) is 1. The van der Waals surface area contributed by atoms with Crippen molar-refractivity contribution >= 4 is 0 Å². The quantitative estimate of drug-likeness (QED) is 0.542. The molecule has 0 aliphatic rings. The highest BCUT2D eigenvalue weighted by Crippen LogP contribution is 2.21. The van der Waals surface area contributed by atoms with Crippen LogP contribution in [0.15, 0.2) is 73.2 Å². The zero-order chi connectivity index (χ0) is 19.5. The van der Waals surface area contributed by atoms with Gasteiger partial charge < -0.3 is 5.32 Å². The molecule has 0 amide bonds. The molecule has 4 aromatic rings. The molecular formula is C23H25N5. The summed E-state index contributed by atoms with van der Waals surface area (Å²) in [6, 6.07) is 18.8. The van der Waals surface area contributed by atoms with Crippen LogP contribution < -0.4 is 5.32 Å². The zero-order valence-electron chi connectivity index (χ0n) is 16.5. The monoisotopic (exact) mass is 371 g/mol. The highest BCUT2D eigenvalue weighted by Gasteiger charge is 2.14. The van der Waals surface area contributed by atoms with Crippen LogP contribution in [-0.4, -0.2) is 19.6 Å². The van der Waals surface area contributed by atoms with Gasteiger partial charge in [0.2, 0.25) is 0 Å². The number of nitrogens with zero attached hydrogens (tertiary/aromatic N) is 4. The molecule has 0 bridgehead atoms. The van der Waals surface area contributed by atoms with Gasteiger partial charge in [0.25, 0.3) is 0 Å². The van der Waals surface area contributed by atoms with Gasteiger partial charge in [0.1, 0.15) is 0 Å². The molecule has 5 heteroatoms. The Bertz CT molecular complexity index is 1050. The Morgan fingerprint density at radius 1 is 0.964 bits per heavy atom. The predicted molar refractivity (Wildman–Crippen MR) is 112 cm³/mol. The molecule has 2 heterocycles. The van der Waals surface area contributed by atoms with E-state index in [4.69, 9.17) is 0 Å². The van der Waals surface area contributed by atoms with Crippen LogP contribution in [0.1, 0.15) is 35.3 Å². The summed E-state index contributed by atoms with van der Waals surface area (Å²) in [7, 11) is 0. The second kappa shape index (κ2) is 7.82. The fourth-order valence-corrected chi connectivity index (χ4v) is 3.49. The summed E-state index contributed by atoms with van der Waals surface area (Å²) < 4.78 is 3.88. The van der Waals surface area contributed by atoms with E-state index in [1.807, 2.05) is 46.0 Å². The van der Waals surface area contributed by atoms with Crippen molar-refractivity contribution in [1.29, 1.82) is 0 Å². The lowest BCUT2D eigenvalue weighted by Crippen LogP contribution is -2.19. The van der Waals surface area contributed by atoms with Gasteiger partial charge in [-0.15, -0.1) is 0 Å². The highest BCUT2D eigenvalue weighted by molar-refractivity contribution is 5.40. The van der Waals surface area contributed by atoms with Crippen molar-refractivity contribution in [2.75, 3.05) is 0 Å². The molecule has 0 saturated carbocycles. The number of hydrogen-bond acceptors (Lipinski definition) is 3. The van der Waals surface area contributed by atoms with Gasteiger partial charge in [-0.3, -0.25) is 0 Å². The Balaban J connectivity index is 1.46. The molecule has 28 heavy (non-hydrogen) atoms. The highest BCUT2D eigenvalue weighted by atomic mass is 15.3. The van der Waals surface area contributed by atoms with Crippen LogP contribution >= 0.6 is 0 Å². The Morgan fingerprint density at radius 2 is 1.79 bits per heavy atom. The van der Waals surface area contributed by atoms with Gasteiger partial charge in [-0.05, 0) is 62.2 Å². The van der Waals surface area contributed by atoms with E-state index < -0.39 is 0 Å². The van der Waals surface area contributed by atoms with Crippen LogP contribution in [-0.2, 0) is 6.54 Å². The summed E-state index contributed by atoms with van der Waals surface area (Å²) in [4.78, 5) is 0. The van der Waals surface area contributed by atoms with E-state index in [2.05, 4.69) is 66.6 Å². The van der Waals surface area contributed by atoms with Gasteiger partial charge in [0.15, 0.2) is 0 Å². The largest absolute Gasteiger partial charge is 0.306 e. The minimum absolute atomic E-state index is 0.211. The fraction of sp³-hybridized carbons (Fsp3) is 0.217. The van der Waals surface area contributed by atoms with Crippen LogP contribution in [0, 0.1) is 13.8 Å². The maximum absolute atomic E-state index is 4.59. The molecule has 4 rings (SSSR count). The van der Waals surface area contributed by atoms with E-state index in [0.717, 1.165) is 23.6 Å². The molecule has 0 radical (unpaired) electrons. The second-order valence-electron chi connectivity index (χ2n) is 7.10. The molecular weight excluding hydrogens is 346 g/mol. The molecule has 2 aromatic heterocycles. The minimum atomic E-state index is 0.211. The average Bonchev–Trinajstić information content (AvgIpc) is 3.37. The number of benzene rings is 2. The van der Waals surface area contributed by atoms with Crippen molar-refractivity contribution in [1.82, 2.24) is 24.9 Å². The maximum atomic E-state index is 4.59. The zero-order valence-corrected chi connectivity index (χ0v) is 16.5. The lowest BCUT2D eigenvalue weighted by atomic mass is 10.1. The number of hydrogen-bond donors (Lipinski definition) is 1. The number of para-hydroxylation sites is 1. The van der Waals surface area contributed by atoms with Crippen molar-refractivity contribution in [3.8, 4) is 11.4 Å². The molecule has 0 aliphatic carbocycles. The van der Waals surface area contributed by atoms with Gasteiger partial charge >= 0.3 is 0 Å². The van der Waals surface area contributed by atoms with Crippen molar-refractivity contribution in [3.63, 3.8) is 0 Å². The van der Waals surface area contributed by atoms with E-state index in [-0.39, 0.29) is 6.04 Å². The molecule has 0 fully saturated rings. The Hall–Kier alpha value is -3.18. The van der Waals surface area contributed by atoms with Crippen LogP contribution in [0.4, 0.5) is 0 Å². The normalized spacial score (nSPS) is 12.2. The van der Waals surface area contributed by atoms with Crippen molar-refractivity contribution in [2.45, 2.75) is 33.4 Å². The smallest absolute Gasteiger partial charge is 0.0648 e. The minimum Gasteiger partial charge on any atom is -0.306 e. The van der Waals surface area contributed by atoms with Crippen molar-refractivity contribution in [2.24, 2.45) is 0 Å². The summed E-state index contributed by atoms with van der Waals surface area (Å²) in [5.74, 6) is 0. The third-order valence-electron chi connectivity index (χ3n) is 5.21. The van der Waals surface area contributed by atoms with E-state index >= 15 is 0 Å². The van der Waals surface area contributed by atoms with Gasteiger partial charge in [-0.2, -0.15) is 10.2 Å². The molecule has 142 valence electrons. The van der Waals surface area contributed by atoms with Crippen LogP contribution in [0.3, 0.4) is 0 Å². The Kier molecular flexibility index (Phi) is 5.08. The standard InChI is InChI=1S/C23H25N5/c1-17-14-22(27-13-7-12-25-27)11-10-20(17)15-24-18(2)23-16-26-28(19(23)3)21-8-5-4-6-9-21/h4-14,16,18,24H,15H2,1-3H3/t18-/m0/s1. The van der Waals surface area contributed by atoms with E-state index in [1.165, 1.54) is 16.7 Å². The SMILES string of the molecule is Cc1cc(-n2cccn2)ccc1CN[C@@H](C)c1cnn(-c2ccccc2)c1C. The average molecular weight is 371 g/mol. The van der Waals surface area contributed by atoms with E-state index in [9.17, 15) is 0 Å². The topological polar surface area (TPSA) is 47.7 Å². The molecule has 0 saturated heterocycles. The van der Waals surface area contributed by atoms with Crippen molar-refractivity contribution < 1.29 is 0 Å². The first-order valence-electron chi connectivity index (χ1n) is 9.56. The first kappa shape index (κ1) is 18.2. The third-order valence-corrected chi connectivity index (χ3v) is 5.21. The number of aryl methyl sites for hydroxylation is 1. The molecule has 0 spiro atoms. The summed E-state index contributed by atoms with van der Waals surface area (Å²) in [6.45, 7) is 7.26. The van der Waals surface area contributed by atoms with Gasteiger partial charge in [0.05, 0.1) is 17.6 Å². The molecule has 5 nitrogen and oxygen atoms in total. The first-order chi connectivity index (χ1) is 13.6. The third kappa shape index (κ3) is 3.62. The van der Waals surface area contributed by atoms with Crippen LogP contribution in [0.2, 0.25) is 0 Å². The number of aromatic nitrogens is 4. The first-order valence-corrected chi connectivity index (χ1v) is 9.56. The fourth-order valence-electron chi connectivity index (χ4n) is 3.49. The molecule has 0 unspecified atom stereocenters. The lowest BCUT2D eigenvalue weighted by Gasteiger charge is -2.16. The summed E-state index contributed by atoms with van der Waals surface area (Å²) in [6.07, 6.45) is 5.72. The van der Waals surface area contributed by atoms with E-state index in [0.29, 0.717) is 0 Å². The Labute approximate surface area is 165 Å². The van der Waals surface area contributed by atoms with Crippen molar-refractivity contribution in [3.05, 3.63) is 95.6 Å². The van der Waals surface area contributed by atoms with E-state index in [1.54, 1.807) is 6.20 Å². The lowest BCUT2D eigenvalue weighted by molar-refractivity contribution is 0.570. The summed E-state index contributed by atoms with van der Waals surface area (Å²) in [5, 5.41) is 12.5. The molecule has 2 aromatic carbocycles. The second-order valence-corrected chi connectivity index (χ2v) is 7.10. The van der Waals surface area contributed by atoms with Gasteiger partial charge in [-0.1, -0.05) is 24.3 Å². The maximum Gasteiger partial charge on any atom is 0.0648 e. The summed E-state index contributed by atoms with van der Waals surface area (Å²) >= 11 is 0. The van der Waals surface area contributed by atoms with Crippen LogP contribution in [0.25, 0.3) is 11.4 Å². The molecule has 1 N–H and O–H groups in total. The Morgan fingerprint density at radius 3 is 2.50 bits per heavy atom.